The van der Waals surface area contributed by atoms with Crippen LogP contribution in [-0.4, -0.2) is 25.5 Å². The molecule has 0 saturated carbocycles. The van der Waals surface area contributed by atoms with Gasteiger partial charge in [-0.3, -0.25) is 4.79 Å². The van der Waals surface area contributed by atoms with Gasteiger partial charge in [-0.2, -0.15) is 0 Å². The summed E-state index contributed by atoms with van der Waals surface area (Å²) in [5.41, 5.74) is 1.91. The smallest absolute Gasteiger partial charge is 0.168 e. The lowest BCUT2D eigenvalue weighted by atomic mass is 9.97. The highest BCUT2D eigenvalue weighted by Gasteiger charge is 2.21. The summed E-state index contributed by atoms with van der Waals surface area (Å²) in [5, 5.41) is 3.36. The summed E-state index contributed by atoms with van der Waals surface area (Å²) in [6, 6.07) is 6.26. The molecule has 1 heterocycles. The van der Waals surface area contributed by atoms with E-state index >= 15 is 0 Å². The lowest BCUT2D eigenvalue weighted by molar-refractivity contribution is 0.0968. The zero-order valence-corrected chi connectivity index (χ0v) is 12.0. The predicted octanol–water partition coefficient (Wildman–Crippen LogP) is 3.14. The van der Waals surface area contributed by atoms with Crippen molar-refractivity contribution in [3.05, 3.63) is 29.3 Å². The molecule has 0 spiro atoms. The Morgan fingerprint density at radius 2 is 2.26 bits per heavy atom. The number of nitrogens with one attached hydrogen (secondary N) is 1. The molecule has 19 heavy (non-hydrogen) atoms. The molecule has 1 saturated heterocycles. The van der Waals surface area contributed by atoms with Crippen molar-refractivity contribution in [1.82, 2.24) is 5.32 Å². The van der Waals surface area contributed by atoms with E-state index in [1.165, 1.54) is 12.0 Å². The normalized spacial score (nSPS) is 18.8. The molecule has 1 unspecified atom stereocenters. The molecular weight excluding hydrogens is 238 g/mol. The Morgan fingerprint density at radius 1 is 1.47 bits per heavy atom. The monoisotopic (exact) mass is 261 g/mol. The first-order valence-electron chi connectivity index (χ1n) is 7.06. The topological polar surface area (TPSA) is 38.3 Å². The van der Waals surface area contributed by atoms with Gasteiger partial charge in [0.25, 0.3) is 0 Å². The molecule has 3 heteroatoms. The predicted molar refractivity (Wildman–Crippen MR) is 77.1 cm³/mol. The van der Waals surface area contributed by atoms with Gasteiger partial charge in [0.05, 0.1) is 12.7 Å². The minimum atomic E-state index is 0.173. The second-order valence-corrected chi connectivity index (χ2v) is 5.53. The summed E-state index contributed by atoms with van der Waals surface area (Å²) in [6.07, 6.45) is 2.83. The number of Topliss-reactive ketones (excluding diaryl/α,β-unsaturated/α-hetero) is 1. The molecule has 0 bridgehead atoms. The number of carbonyl (C=O) groups excluding carboxylic acids is 1. The maximum Gasteiger partial charge on any atom is 0.168 e. The Bertz CT molecular complexity index is 448. The van der Waals surface area contributed by atoms with Crippen LogP contribution in [0.5, 0.6) is 5.75 Å². The molecule has 1 aromatic carbocycles. The molecule has 1 aliphatic rings. The van der Waals surface area contributed by atoms with E-state index in [-0.39, 0.29) is 5.78 Å². The van der Waals surface area contributed by atoms with Gasteiger partial charge in [0.1, 0.15) is 5.75 Å². The average molecular weight is 261 g/mol. The van der Waals surface area contributed by atoms with Gasteiger partial charge in [-0.25, -0.2) is 0 Å². The van der Waals surface area contributed by atoms with E-state index < -0.39 is 0 Å². The summed E-state index contributed by atoms with van der Waals surface area (Å²) in [5.74, 6) is 1.32. The minimum Gasteiger partial charge on any atom is -0.496 e. The Hall–Kier alpha value is -1.35. The molecule has 1 N–H and O–H groups in total. The van der Waals surface area contributed by atoms with Crippen LogP contribution in [0.4, 0.5) is 0 Å². The van der Waals surface area contributed by atoms with Gasteiger partial charge in [-0.1, -0.05) is 19.9 Å². The number of hydrogen-bond acceptors (Lipinski definition) is 3. The molecule has 2 rings (SSSR count). The van der Waals surface area contributed by atoms with Crippen molar-refractivity contribution in [3.63, 3.8) is 0 Å². The summed E-state index contributed by atoms with van der Waals surface area (Å²) in [4.78, 5) is 12.3. The quantitative estimate of drug-likeness (QED) is 0.827. The first-order chi connectivity index (χ1) is 9.11. The second kappa shape index (κ2) is 6.20. The van der Waals surface area contributed by atoms with E-state index in [0.717, 1.165) is 13.0 Å². The van der Waals surface area contributed by atoms with Crippen molar-refractivity contribution in [1.29, 1.82) is 0 Å². The summed E-state index contributed by atoms with van der Waals surface area (Å²) in [7, 11) is 1.63. The van der Waals surface area contributed by atoms with E-state index in [2.05, 4.69) is 19.2 Å². The fourth-order valence-electron chi connectivity index (χ4n) is 2.56. The van der Waals surface area contributed by atoms with Gasteiger partial charge >= 0.3 is 0 Å². The van der Waals surface area contributed by atoms with Crippen LogP contribution in [0.1, 0.15) is 54.9 Å². The molecule has 0 amide bonds. The van der Waals surface area contributed by atoms with E-state index in [4.69, 9.17) is 4.74 Å². The molecule has 1 fully saturated rings. The Kier molecular flexibility index (Phi) is 4.59. The molecule has 3 nitrogen and oxygen atoms in total. The molecule has 104 valence electrons. The molecule has 0 aliphatic carbocycles. The fraction of sp³-hybridized carbons (Fsp3) is 0.562. The first-order valence-corrected chi connectivity index (χ1v) is 7.06. The van der Waals surface area contributed by atoms with Gasteiger partial charge < -0.3 is 10.1 Å². The molecule has 1 aromatic rings. The average Bonchev–Trinajstić information content (AvgIpc) is 2.90. The highest BCUT2D eigenvalue weighted by atomic mass is 16.5. The Morgan fingerprint density at radius 3 is 2.84 bits per heavy atom. The fourth-order valence-corrected chi connectivity index (χ4v) is 2.56. The van der Waals surface area contributed by atoms with Crippen molar-refractivity contribution in [2.45, 2.75) is 45.1 Å². The highest BCUT2D eigenvalue weighted by molar-refractivity contribution is 5.99. The zero-order chi connectivity index (χ0) is 13.8. The summed E-state index contributed by atoms with van der Waals surface area (Å²) < 4.78 is 5.38. The molecule has 0 aromatic heterocycles. The van der Waals surface area contributed by atoms with Crippen LogP contribution >= 0.6 is 0 Å². The number of ether oxygens (including phenoxy) is 1. The Balaban J connectivity index is 2.15. The van der Waals surface area contributed by atoms with Crippen LogP contribution in [-0.2, 0) is 0 Å². The van der Waals surface area contributed by atoms with Crippen LogP contribution in [0.2, 0.25) is 0 Å². The van der Waals surface area contributed by atoms with Gasteiger partial charge in [-0.05, 0) is 43.0 Å². The zero-order valence-electron chi connectivity index (χ0n) is 12.0. The highest BCUT2D eigenvalue weighted by Crippen LogP contribution is 2.26. The molecule has 1 aliphatic heterocycles. The van der Waals surface area contributed by atoms with Crippen molar-refractivity contribution >= 4 is 5.78 Å². The van der Waals surface area contributed by atoms with Crippen LogP contribution < -0.4 is 10.1 Å². The lowest BCUT2D eigenvalue weighted by Gasteiger charge is -2.14. The number of ketones is 1. The number of carbonyl (C=O) groups is 1. The van der Waals surface area contributed by atoms with Gasteiger partial charge in [0, 0.05) is 12.5 Å². The number of benzene rings is 1. The standard InChI is InChI=1S/C16H23NO2/c1-11(2)12-6-7-14(16(9-12)19-3)15(18)10-13-5-4-8-17-13/h6-7,9,11,13,17H,4-5,8,10H2,1-3H3. The van der Waals surface area contributed by atoms with E-state index in [1.807, 2.05) is 18.2 Å². The minimum absolute atomic E-state index is 0.173. The maximum atomic E-state index is 12.3. The Labute approximate surface area is 115 Å². The summed E-state index contributed by atoms with van der Waals surface area (Å²) in [6.45, 7) is 5.30. The van der Waals surface area contributed by atoms with Crippen LogP contribution in [0.3, 0.4) is 0 Å². The van der Waals surface area contributed by atoms with Gasteiger partial charge in [0.15, 0.2) is 5.78 Å². The van der Waals surface area contributed by atoms with Crippen molar-refractivity contribution < 1.29 is 9.53 Å². The number of rotatable bonds is 5. The molecule has 0 radical (unpaired) electrons. The second-order valence-electron chi connectivity index (χ2n) is 5.53. The molecular formula is C16H23NO2. The first kappa shape index (κ1) is 14.1. The van der Waals surface area contributed by atoms with E-state index in [9.17, 15) is 4.79 Å². The molecule has 1 atom stereocenters. The third-order valence-corrected chi connectivity index (χ3v) is 3.79. The van der Waals surface area contributed by atoms with E-state index in [0.29, 0.717) is 29.7 Å². The van der Waals surface area contributed by atoms with E-state index in [1.54, 1.807) is 7.11 Å². The van der Waals surface area contributed by atoms with Crippen LogP contribution in [0.15, 0.2) is 18.2 Å². The van der Waals surface area contributed by atoms with Gasteiger partial charge in [-0.15, -0.1) is 0 Å². The number of hydrogen-bond donors (Lipinski definition) is 1. The van der Waals surface area contributed by atoms with Gasteiger partial charge in [0.2, 0.25) is 0 Å². The lowest BCUT2D eigenvalue weighted by Crippen LogP contribution is -2.24. The van der Waals surface area contributed by atoms with Crippen LogP contribution in [0, 0.1) is 0 Å². The number of methoxy groups -OCH3 is 1. The third-order valence-electron chi connectivity index (χ3n) is 3.79. The SMILES string of the molecule is COc1cc(C(C)C)ccc1C(=O)CC1CCCN1. The summed E-state index contributed by atoms with van der Waals surface area (Å²) >= 11 is 0. The van der Waals surface area contributed by atoms with Crippen LogP contribution in [0.25, 0.3) is 0 Å². The van der Waals surface area contributed by atoms with Crippen molar-refractivity contribution in [2.75, 3.05) is 13.7 Å². The third kappa shape index (κ3) is 3.35. The van der Waals surface area contributed by atoms with Crippen molar-refractivity contribution in [3.8, 4) is 5.75 Å². The van der Waals surface area contributed by atoms with Crippen molar-refractivity contribution in [2.24, 2.45) is 0 Å². The largest absolute Gasteiger partial charge is 0.496 e. The maximum absolute atomic E-state index is 12.3.